The van der Waals surface area contributed by atoms with Crippen molar-refractivity contribution in [3.63, 3.8) is 0 Å². The second-order valence-electron chi connectivity index (χ2n) is 20.7. The van der Waals surface area contributed by atoms with Crippen LogP contribution in [0, 0.1) is 11.3 Å². The summed E-state index contributed by atoms with van der Waals surface area (Å²) in [6.07, 6.45) is 8.88. The summed E-state index contributed by atoms with van der Waals surface area (Å²) in [5.74, 6) is 0.521. The van der Waals surface area contributed by atoms with E-state index in [1.54, 1.807) is 32.0 Å². The largest absolute Gasteiger partial charge is 1.00 e. The molecule has 3 heteroatoms. The van der Waals surface area contributed by atoms with Crippen molar-refractivity contribution >= 4 is 6.48 Å². The van der Waals surface area contributed by atoms with Crippen LogP contribution in [0.15, 0.2) is 69.5 Å². The first kappa shape index (κ1) is 44.9. The zero-order chi connectivity index (χ0) is 37.4. The number of fused-ring (bicyclic) bond motifs is 3. The van der Waals surface area contributed by atoms with Crippen LogP contribution in [0.25, 0.3) is 11.1 Å². The summed E-state index contributed by atoms with van der Waals surface area (Å²) in [5, 5.41) is 0. The number of rotatable bonds is 5. The average molecular weight is 819 g/mol. The number of benzene rings is 3. The van der Waals surface area contributed by atoms with Crippen molar-refractivity contribution in [2.75, 3.05) is 0 Å². The van der Waals surface area contributed by atoms with Crippen molar-refractivity contribution in [2.45, 2.75) is 159 Å². The van der Waals surface area contributed by atoms with Gasteiger partial charge in [0.2, 0.25) is 0 Å². The maximum atomic E-state index is 2.72. The van der Waals surface area contributed by atoms with Crippen LogP contribution in [0.1, 0.15) is 169 Å². The van der Waals surface area contributed by atoms with E-state index in [1.807, 2.05) is 0 Å². The van der Waals surface area contributed by atoms with Gasteiger partial charge in [0.25, 0.3) is 0 Å². The molecule has 0 spiro atoms. The Morgan fingerprint density at radius 3 is 1.65 bits per heavy atom. The Hall–Kier alpha value is -1.53. The normalized spacial score (nSPS) is 16.3. The van der Waals surface area contributed by atoms with Gasteiger partial charge in [0.05, 0.1) is 0 Å². The summed E-state index contributed by atoms with van der Waals surface area (Å²) in [6.45, 7) is 41.4. The molecule has 0 radical (unpaired) electrons. The number of allylic oxidation sites excluding steroid dienone is 4. The van der Waals surface area contributed by atoms with E-state index in [4.69, 9.17) is 0 Å². The van der Waals surface area contributed by atoms with Gasteiger partial charge in [-0.2, -0.15) is 0 Å². The van der Waals surface area contributed by atoms with Gasteiger partial charge in [0.15, 0.2) is 0 Å². The Bertz CT molecular complexity index is 1880. The molecule has 282 valence electrons. The smallest absolute Gasteiger partial charge is 1.00 e. The van der Waals surface area contributed by atoms with E-state index in [0.717, 1.165) is 6.42 Å². The molecule has 2 aliphatic carbocycles. The minimum Gasteiger partial charge on any atom is -1.00 e. The zero-order valence-corrected chi connectivity index (χ0v) is 39.7. The fraction of sp³-hybridized carbons (Fsp3) is 0.531. The summed E-state index contributed by atoms with van der Waals surface area (Å²) >= 11 is -2.83. The summed E-state index contributed by atoms with van der Waals surface area (Å²) < 4.78 is 5.25. The maximum absolute atomic E-state index is 2.83. The van der Waals surface area contributed by atoms with Crippen molar-refractivity contribution in [1.82, 2.24) is 0 Å². The molecule has 2 aliphatic rings. The number of hydrogen-bond acceptors (Lipinski definition) is 0. The minimum atomic E-state index is -2.83. The topological polar surface area (TPSA) is 0 Å². The molecule has 0 aromatic heterocycles. The zero-order valence-electron chi connectivity index (χ0n) is 35.7. The van der Waals surface area contributed by atoms with Crippen molar-refractivity contribution < 1.29 is 46.1 Å². The number of hydrogen-bond donors (Lipinski definition) is 0. The molecule has 0 saturated carbocycles. The first-order chi connectivity index (χ1) is 22.9. The van der Waals surface area contributed by atoms with Gasteiger partial charge in [-0.3, -0.25) is 0 Å². The van der Waals surface area contributed by atoms with Crippen LogP contribution >= 0.6 is 0 Å². The second kappa shape index (κ2) is 15.5. The Morgan fingerprint density at radius 1 is 0.654 bits per heavy atom. The monoisotopic (exact) mass is 816 g/mol. The average Bonchev–Trinajstić information content (AvgIpc) is 3.56. The summed E-state index contributed by atoms with van der Waals surface area (Å²) in [5.41, 5.74) is 15.7. The van der Waals surface area contributed by atoms with E-state index in [2.05, 4.69) is 178 Å². The van der Waals surface area contributed by atoms with Crippen LogP contribution in [-0.2, 0) is 49.3 Å². The van der Waals surface area contributed by atoms with Gasteiger partial charge >= 0.3 is 317 Å². The maximum Gasteiger partial charge on any atom is -1.00 e. The molecule has 0 aliphatic heterocycles. The van der Waals surface area contributed by atoms with E-state index < -0.39 is 21.3 Å². The van der Waals surface area contributed by atoms with Crippen molar-refractivity contribution in [3.8, 4) is 11.1 Å². The Balaban J connectivity index is 0.00000364. The molecule has 0 bridgehead atoms. The molecule has 52 heavy (non-hydrogen) atoms. The van der Waals surface area contributed by atoms with E-state index in [-0.39, 0.29) is 51.9 Å². The molecule has 0 heterocycles. The van der Waals surface area contributed by atoms with Crippen LogP contribution < -0.4 is 28.1 Å². The molecule has 5 rings (SSSR count). The summed E-state index contributed by atoms with van der Waals surface area (Å²) in [6, 6.07) is 19.4. The Morgan fingerprint density at radius 2 is 1.17 bits per heavy atom. The third-order valence-corrected chi connectivity index (χ3v) is 19.0. The third-order valence-electron chi connectivity index (χ3n) is 11.2. The number of halogens is 2. The van der Waals surface area contributed by atoms with Gasteiger partial charge < -0.3 is 24.8 Å². The van der Waals surface area contributed by atoms with E-state index in [1.165, 1.54) is 46.2 Å². The molecule has 0 fully saturated rings. The SMILES string of the molecule is CCCC1C=C(C(C)(C)C)C=[C]1/[Zr+2](=[C](\C)c1ccccc1)[c]1c2c(cc(C(C)(C)C)c1C(C)(C)C)-c1cc(C(C)(C)C)c(C(C)(C)C)cc1C2.[Cl-].[Cl-]. The van der Waals surface area contributed by atoms with Gasteiger partial charge in [0, 0.05) is 0 Å². The molecular weight excluding hydrogens is 751 g/mol. The molecule has 0 saturated heterocycles. The first-order valence-electron chi connectivity index (χ1n) is 19.5. The first-order valence-corrected chi connectivity index (χ1v) is 23.1. The van der Waals surface area contributed by atoms with E-state index in [9.17, 15) is 0 Å². The van der Waals surface area contributed by atoms with Gasteiger partial charge in [-0.25, -0.2) is 0 Å². The van der Waals surface area contributed by atoms with Crippen LogP contribution in [0.3, 0.4) is 0 Å². The van der Waals surface area contributed by atoms with Crippen molar-refractivity contribution in [2.24, 2.45) is 11.3 Å². The second-order valence-corrected chi connectivity index (χ2v) is 27.0. The van der Waals surface area contributed by atoms with Crippen molar-refractivity contribution in [3.05, 3.63) is 108 Å². The standard InChI is InChI=1S/C29H41.C12H19.C8H8.2ClH.Zr/c1-26(2,3)22-14-18-13-19-15-23(27(4,5)6)25(29(10,11)12)17-21(19)20(18)16-24(22)28(7,8)9;1-5-6-10-7-8-11(9-10)12(2,3)4;1-2-8-6-4-3-5-7-8;;;/h14,16-17H,13H2,1-12H3;8-10H,5-6H2,1-4H3;3-7H,1H3;2*1H;/q;;;;;+2/p-2. The predicted octanol–water partition coefficient (Wildman–Crippen LogP) is 7.23. The van der Waals surface area contributed by atoms with E-state index >= 15 is 0 Å². The van der Waals surface area contributed by atoms with Crippen LogP contribution in [-0.4, -0.2) is 3.21 Å². The molecule has 1 unspecified atom stereocenters. The molecule has 0 nitrogen and oxygen atoms in total. The molecule has 3 aromatic carbocycles. The van der Waals surface area contributed by atoms with E-state index in [0.29, 0.717) is 5.92 Å². The quantitative estimate of drug-likeness (QED) is 0.200. The summed E-state index contributed by atoms with van der Waals surface area (Å²) in [4.78, 5) is 0. The van der Waals surface area contributed by atoms with Crippen molar-refractivity contribution in [1.29, 1.82) is 0 Å². The van der Waals surface area contributed by atoms with Gasteiger partial charge in [-0.05, 0) is 0 Å². The minimum absolute atomic E-state index is 0. The van der Waals surface area contributed by atoms with Gasteiger partial charge in [0.1, 0.15) is 0 Å². The Kier molecular flexibility index (Phi) is 13.4. The predicted molar refractivity (Wildman–Crippen MR) is 219 cm³/mol. The molecule has 0 N–H and O–H groups in total. The third kappa shape index (κ3) is 8.79. The summed E-state index contributed by atoms with van der Waals surface area (Å²) in [7, 11) is 0. The molecule has 3 aromatic rings. The van der Waals surface area contributed by atoms with Gasteiger partial charge in [-0.15, -0.1) is 0 Å². The molecule has 1 atom stereocenters. The fourth-order valence-electron chi connectivity index (χ4n) is 8.55. The van der Waals surface area contributed by atoms with Crippen LogP contribution in [0.5, 0.6) is 0 Å². The van der Waals surface area contributed by atoms with Gasteiger partial charge in [-0.1, -0.05) is 0 Å². The molecule has 0 amide bonds. The van der Waals surface area contributed by atoms with Crippen LogP contribution in [0.2, 0.25) is 0 Å². The fourth-order valence-corrected chi connectivity index (χ4v) is 17.7. The Labute approximate surface area is 339 Å². The molecular formula is C49H68Cl2Zr. The van der Waals surface area contributed by atoms with Crippen LogP contribution in [0.4, 0.5) is 0 Å².